The number of unbranched alkanes of at least 4 members (excludes halogenated alkanes) is 1. The van der Waals surface area contributed by atoms with Gasteiger partial charge in [0.1, 0.15) is 5.56 Å². The van der Waals surface area contributed by atoms with E-state index in [1.165, 1.54) is 54.8 Å². The normalized spacial score (nSPS) is 13.0. The lowest BCUT2D eigenvalue weighted by atomic mass is 9.81. The summed E-state index contributed by atoms with van der Waals surface area (Å²) in [6.07, 6.45) is 13.7. The van der Waals surface area contributed by atoms with Gasteiger partial charge in [-0.05, 0) is 205 Å². The maximum Gasteiger partial charge on any atom is 0.339 e. The molecule has 636 valence electrons. The van der Waals surface area contributed by atoms with Crippen LogP contribution >= 0.6 is 0 Å². The number of carboxylic acids is 4. The maximum atomic E-state index is 13.6. The Morgan fingerprint density at radius 3 is 1.12 bits per heavy atom. The first-order valence-electron chi connectivity index (χ1n) is 40.0. The molecule has 1 fully saturated rings. The van der Waals surface area contributed by atoms with Crippen molar-refractivity contribution in [1.82, 2.24) is 26.6 Å². The number of carboxylic acid groups (broad SMARTS) is 4. The van der Waals surface area contributed by atoms with Crippen molar-refractivity contribution in [2.75, 3.05) is 39.3 Å². The average Bonchev–Trinajstić information content (AvgIpc) is 0.774. The highest BCUT2D eigenvalue weighted by atomic mass is 19.2. The fourth-order valence-corrected chi connectivity index (χ4v) is 9.70. The number of benzene rings is 4. The fourth-order valence-electron chi connectivity index (χ4n) is 9.70. The molecule has 23 heteroatoms. The quantitative estimate of drug-likeness (QED) is 0.00951. The zero-order valence-corrected chi connectivity index (χ0v) is 72.0. The van der Waals surface area contributed by atoms with Gasteiger partial charge in [0.15, 0.2) is 23.3 Å². The summed E-state index contributed by atoms with van der Waals surface area (Å²) in [5, 5.41) is 48.8. The Morgan fingerprint density at radius 1 is 0.402 bits per heavy atom. The van der Waals surface area contributed by atoms with E-state index >= 15 is 0 Å². The van der Waals surface area contributed by atoms with Gasteiger partial charge in [-0.1, -0.05) is 181 Å². The van der Waals surface area contributed by atoms with Crippen molar-refractivity contribution in [3.8, 4) is 0 Å². The van der Waals surface area contributed by atoms with Gasteiger partial charge in [-0.15, -0.1) is 0 Å². The molecule has 0 bridgehead atoms. The van der Waals surface area contributed by atoms with E-state index < -0.39 is 64.2 Å². The molecule has 0 saturated heterocycles. The molecule has 112 heavy (non-hydrogen) atoms. The molecule has 5 rings (SSSR count). The van der Waals surface area contributed by atoms with Crippen LogP contribution in [0.2, 0.25) is 0 Å². The van der Waals surface area contributed by atoms with Crippen molar-refractivity contribution in [2.24, 2.45) is 58.7 Å². The highest BCUT2D eigenvalue weighted by Crippen LogP contribution is 2.30. The zero-order chi connectivity index (χ0) is 86.6. The highest BCUT2D eigenvalue weighted by Gasteiger charge is 2.33. The largest absolute Gasteiger partial charge is 0.481 e. The predicted molar refractivity (Wildman–Crippen MR) is 442 cm³/mol. The molecule has 4 aromatic rings. The summed E-state index contributed by atoms with van der Waals surface area (Å²) in [5.41, 5.74) is 0.258. The number of amides is 5. The van der Waals surface area contributed by atoms with Crippen molar-refractivity contribution in [3.63, 3.8) is 0 Å². The molecular weight excluding hydrogens is 1440 g/mol. The van der Waals surface area contributed by atoms with Crippen LogP contribution in [0.5, 0.6) is 0 Å². The predicted octanol–water partition coefficient (Wildman–Crippen LogP) is 20.5. The van der Waals surface area contributed by atoms with E-state index in [0.29, 0.717) is 97.2 Å². The lowest BCUT2D eigenvalue weighted by Gasteiger charge is -2.25. The highest BCUT2D eigenvalue weighted by molar-refractivity contribution is 6.05. The third kappa shape index (κ3) is 54.5. The van der Waals surface area contributed by atoms with Gasteiger partial charge < -0.3 is 51.7 Å². The van der Waals surface area contributed by atoms with Crippen LogP contribution in [0.3, 0.4) is 0 Å². The van der Waals surface area contributed by atoms with Gasteiger partial charge in [0.2, 0.25) is 11.8 Å². The number of aliphatic carboxylic acids is 1. The van der Waals surface area contributed by atoms with E-state index in [-0.39, 0.29) is 58.7 Å². The van der Waals surface area contributed by atoms with Gasteiger partial charge in [-0.25, -0.2) is 31.9 Å². The van der Waals surface area contributed by atoms with E-state index in [9.17, 15) is 60.7 Å². The zero-order valence-electron chi connectivity index (χ0n) is 72.0. The molecule has 0 heterocycles. The first kappa shape index (κ1) is 108. The van der Waals surface area contributed by atoms with Gasteiger partial charge in [-0.2, -0.15) is 0 Å². The number of carbonyl (C=O) groups is 9. The molecule has 0 radical (unpaired) electrons. The minimum absolute atomic E-state index is 0.0275. The molecule has 0 spiro atoms. The van der Waals surface area contributed by atoms with Crippen LogP contribution in [0.25, 0.3) is 0 Å². The summed E-state index contributed by atoms with van der Waals surface area (Å²) in [6, 6.07) is 22.5. The van der Waals surface area contributed by atoms with E-state index in [4.69, 9.17) is 25.2 Å². The van der Waals surface area contributed by atoms with Gasteiger partial charge in [0.25, 0.3) is 17.7 Å². The number of aromatic carboxylic acids is 3. The van der Waals surface area contributed by atoms with Crippen molar-refractivity contribution in [1.29, 1.82) is 0 Å². The van der Waals surface area contributed by atoms with Crippen molar-refractivity contribution < 1.29 is 85.9 Å². The summed E-state index contributed by atoms with van der Waals surface area (Å²) in [7, 11) is 0. The second kappa shape index (κ2) is 59.5. The van der Waals surface area contributed by atoms with Crippen LogP contribution in [0.1, 0.15) is 329 Å². The molecule has 1 aliphatic rings. The monoisotopic (exact) mass is 1580 g/mol. The average molecular weight is 1580 g/mol. The maximum absolute atomic E-state index is 13.6. The summed E-state index contributed by atoms with van der Waals surface area (Å²) in [4.78, 5) is 101. The van der Waals surface area contributed by atoms with E-state index in [1.54, 1.807) is 19.1 Å². The van der Waals surface area contributed by atoms with Gasteiger partial charge in [-0.3, -0.25) is 28.8 Å². The molecule has 0 atom stereocenters. The van der Waals surface area contributed by atoms with Gasteiger partial charge >= 0.3 is 23.9 Å². The summed E-state index contributed by atoms with van der Waals surface area (Å²) in [6.45, 7) is 52.8. The number of hydrogen-bond acceptors (Lipinski definition) is 10. The second-order valence-electron chi connectivity index (χ2n) is 33.4. The third-order valence-electron chi connectivity index (χ3n) is 17.5. The SMILES string of the molecule is CC(=O)NCCCCC(C)C.CC(C)C(C)(C)C.CC(C)CCCNC(=O)C1CCC(C(=O)O)CC1.CC(C)CCCNC(=O)c1c(F)c(F)c(F)c(F)c1C(=O)O.CC(C)CCCNC(=O)c1ccc(C(=O)O)cc1.CC(C)CCCNC(=O)c1cccc(C(=O)O)c1.CC(C)COC(C)(C)C.CC(C)c1ccccc1. The fraction of sp³-hybridized carbons (Fsp3) is 0.629. The molecule has 1 saturated carbocycles. The number of nitrogens with one attached hydrogen (secondary N) is 5. The van der Waals surface area contributed by atoms with E-state index in [2.05, 4.69) is 189 Å². The number of hydrogen-bond donors (Lipinski definition) is 9. The first-order valence-corrected chi connectivity index (χ1v) is 40.0. The van der Waals surface area contributed by atoms with E-state index in [1.807, 2.05) is 19.9 Å². The topological polar surface area (TPSA) is 304 Å². The van der Waals surface area contributed by atoms with Crippen LogP contribution in [-0.4, -0.2) is 119 Å². The summed E-state index contributed by atoms with van der Waals surface area (Å²) < 4.78 is 58.9. The Morgan fingerprint density at radius 2 is 0.768 bits per heavy atom. The lowest BCUT2D eigenvalue weighted by Crippen LogP contribution is -2.34. The Hall–Kier alpha value is -8.21. The Kier molecular flexibility index (Phi) is 57.3. The number of ether oxygens (including phenoxy) is 1. The molecule has 0 aromatic heterocycles. The van der Waals surface area contributed by atoms with Crippen molar-refractivity contribution in [3.05, 3.63) is 141 Å². The molecular formula is C89H143F4N5O14. The Labute approximate surface area is 669 Å². The van der Waals surface area contributed by atoms with E-state index in [0.717, 1.165) is 82.9 Å². The standard InChI is InChI=1S/C14H15F4NO3.C14H19NO3.C14H25NO3.C14H19NO3.C9H19NO.C9H12.C8H18O.C7H16/c1-6(2)4-3-5-19-13(20)7-8(14(21)22)10(16)12(18)11(17)9(7)15;1-10(2)5-4-8-15-13(16)11-6-3-7-12(9-11)14(17)18;2*1-10(2)4-3-9-15-13(16)11-5-7-12(8-6-11)14(17)18;1-8(2)6-4-5-7-10-9(3)11;1-8(2)9-6-4-3-5-7-9;1-7(2)6-9-8(3,4)5;1-6(2)7(3,4)5/h6H,3-5H2,1-2H3,(H,19,20)(H,21,22);3,6-7,9-10H,4-5,8H2,1-2H3,(H,15,16)(H,17,18);10-12H,3-9H2,1-2H3,(H,15,16)(H,17,18);5-8,10H,3-4,9H2,1-2H3,(H,15,16)(H,17,18);8H,4-7H2,1-3H3,(H,10,11);3-8H,1-2H3;7H,6H2,1-5H3;6H,1-5H3. The smallest absolute Gasteiger partial charge is 0.339 e. The second-order valence-corrected chi connectivity index (χ2v) is 33.4. The number of rotatable bonds is 32. The molecule has 1 aliphatic carbocycles. The van der Waals surface area contributed by atoms with Crippen LogP contribution < -0.4 is 26.6 Å². The van der Waals surface area contributed by atoms with Crippen LogP contribution in [0.15, 0.2) is 78.9 Å². The molecule has 4 aromatic carbocycles. The van der Waals surface area contributed by atoms with Crippen LogP contribution in [0.4, 0.5) is 17.6 Å². The molecule has 0 aliphatic heterocycles. The summed E-state index contributed by atoms with van der Waals surface area (Å²) >= 11 is 0. The molecule has 0 unspecified atom stereocenters. The van der Waals surface area contributed by atoms with Crippen molar-refractivity contribution in [2.45, 2.75) is 267 Å². The van der Waals surface area contributed by atoms with Crippen LogP contribution in [-0.2, 0) is 19.1 Å². The van der Waals surface area contributed by atoms with Gasteiger partial charge in [0.05, 0.1) is 28.2 Å². The number of halogens is 4. The van der Waals surface area contributed by atoms with Crippen molar-refractivity contribution >= 4 is 53.4 Å². The first-order chi connectivity index (χ1) is 52.0. The van der Waals surface area contributed by atoms with Crippen LogP contribution in [0, 0.1) is 81.9 Å². The Bertz CT molecular complexity index is 3340. The number of carbonyl (C=O) groups excluding carboxylic acids is 5. The van der Waals surface area contributed by atoms with Gasteiger partial charge in [0, 0.05) is 63.3 Å². The minimum atomic E-state index is -2.27. The molecule has 9 N–H and O–H groups in total. The minimum Gasteiger partial charge on any atom is -0.481 e. The lowest BCUT2D eigenvalue weighted by molar-refractivity contribution is -0.144. The Balaban J connectivity index is -0.00000124. The molecule has 19 nitrogen and oxygen atoms in total. The summed E-state index contributed by atoms with van der Waals surface area (Å²) in [5.74, 6) is -9.98. The molecule has 5 amide bonds. The third-order valence-corrected chi connectivity index (χ3v) is 17.5.